The molecular formula is C17H20LiOP. The van der Waals surface area contributed by atoms with Crippen molar-refractivity contribution in [2.75, 3.05) is 0 Å². The van der Waals surface area contributed by atoms with E-state index in [0.29, 0.717) is 0 Å². The van der Waals surface area contributed by atoms with Gasteiger partial charge < -0.3 is 1.43 Å². The molecule has 20 heavy (non-hydrogen) atoms. The van der Waals surface area contributed by atoms with Crippen molar-refractivity contribution in [3.8, 4) is 0 Å². The first-order chi connectivity index (χ1) is 9.26. The first kappa shape index (κ1) is 17.2. The molecule has 0 saturated carbocycles. The van der Waals surface area contributed by atoms with E-state index in [2.05, 4.69) is 32.0 Å². The van der Waals surface area contributed by atoms with Gasteiger partial charge in [-0.3, -0.25) is 4.79 Å². The van der Waals surface area contributed by atoms with Crippen LogP contribution in [0.4, 0.5) is 0 Å². The molecule has 100 valence electrons. The fourth-order valence-corrected chi connectivity index (χ4v) is 3.32. The summed E-state index contributed by atoms with van der Waals surface area (Å²) < 4.78 is 0. The maximum Gasteiger partial charge on any atom is 1.00 e. The largest absolute Gasteiger partial charge is 1.00 e. The van der Waals surface area contributed by atoms with E-state index in [1.807, 2.05) is 30.3 Å². The molecule has 0 amide bonds. The normalized spacial score (nSPS) is 10.5. The molecule has 0 aliphatic carbocycles. The van der Waals surface area contributed by atoms with Gasteiger partial charge >= 0.3 is 18.9 Å². The quantitative estimate of drug-likeness (QED) is 0.591. The maximum absolute atomic E-state index is 12.6. The second-order valence-corrected chi connectivity index (χ2v) is 5.76. The second kappa shape index (κ2) is 8.43. The molecule has 1 nitrogen and oxygen atoms in total. The number of hydrogen-bond donors (Lipinski definition) is 0. The Bertz CT molecular complexity index is 550. The predicted octanol–water partition coefficient (Wildman–Crippen LogP) is 1.07. The molecule has 0 aliphatic heterocycles. The third-order valence-electron chi connectivity index (χ3n) is 3.26. The smallest absolute Gasteiger partial charge is 1.00 e. The molecule has 1 unspecified atom stereocenters. The topological polar surface area (TPSA) is 17.1 Å². The molecular weight excluding hydrogens is 258 g/mol. The van der Waals surface area contributed by atoms with Crippen LogP contribution in [0, 0.1) is 0 Å². The van der Waals surface area contributed by atoms with Crippen molar-refractivity contribution >= 4 is 19.4 Å². The minimum Gasteiger partial charge on any atom is -1.00 e. The van der Waals surface area contributed by atoms with E-state index in [4.69, 9.17) is 0 Å². The Morgan fingerprint density at radius 3 is 2.00 bits per heavy atom. The zero-order valence-corrected chi connectivity index (χ0v) is 13.4. The van der Waals surface area contributed by atoms with E-state index in [-0.39, 0.29) is 34.4 Å². The molecule has 0 fully saturated rings. The average molecular weight is 278 g/mol. The van der Waals surface area contributed by atoms with Gasteiger partial charge in [-0.05, 0) is 37.9 Å². The number of aryl methyl sites for hydroxylation is 2. The summed E-state index contributed by atoms with van der Waals surface area (Å²) in [6.45, 7) is 4.22. The first-order valence-corrected chi connectivity index (χ1v) is 7.73. The molecule has 0 bridgehead atoms. The van der Waals surface area contributed by atoms with Gasteiger partial charge in [0.05, 0.1) is 0 Å². The second-order valence-electron chi connectivity index (χ2n) is 4.48. The van der Waals surface area contributed by atoms with Crippen LogP contribution in [-0.2, 0) is 12.8 Å². The monoisotopic (exact) mass is 278 g/mol. The van der Waals surface area contributed by atoms with Gasteiger partial charge in [0.2, 0.25) is 0 Å². The molecule has 1 atom stereocenters. The number of rotatable bonds is 5. The summed E-state index contributed by atoms with van der Waals surface area (Å²) in [4.78, 5) is 12.6. The van der Waals surface area contributed by atoms with Gasteiger partial charge in [0, 0.05) is 5.56 Å². The number of carbonyl (C=O) groups excluding carboxylic acids is 1. The molecule has 3 heteroatoms. The fourth-order valence-electron chi connectivity index (χ4n) is 2.25. The molecule has 0 saturated heterocycles. The van der Waals surface area contributed by atoms with Crippen LogP contribution in [-0.4, -0.2) is 5.52 Å². The van der Waals surface area contributed by atoms with Crippen molar-refractivity contribution in [3.05, 3.63) is 65.2 Å². The summed E-state index contributed by atoms with van der Waals surface area (Å²) in [7, 11) is 0.216. The third-order valence-corrected chi connectivity index (χ3v) is 4.36. The van der Waals surface area contributed by atoms with Gasteiger partial charge in [-0.25, -0.2) is 0 Å². The van der Waals surface area contributed by atoms with Gasteiger partial charge in [0.25, 0.3) is 0 Å². The van der Waals surface area contributed by atoms with Gasteiger partial charge in [0.15, 0.2) is 5.52 Å². The Hall–Kier alpha value is -0.863. The van der Waals surface area contributed by atoms with E-state index in [9.17, 15) is 4.79 Å². The molecule has 0 radical (unpaired) electrons. The van der Waals surface area contributed by atoms with E-state index >= 15 is 0 Å². The Balaban J connectivity index is 0.00000200. The Morgan fingerprint density at radius 1 is 0.950 bits per heavy atom. The Labute approximate surface area is 136 Å². The van der Waals surface area contributed by atoms with Crippen molar-refractivity contribution in [3.63, 3.8) is 0 Å². The Morgan fingerprint density at radius 2 is 1.50 bits per heavy atom. The van der Waals surface area contributed by atoms with Crippen molar-refractivity contribution in [2.45, 2.75) is 26.7 Å². The van der Waals surface area contributed by atoms with Crippen LogP contribution >= 0.6 is 8.58 Å². The van der Waals surface area contributed by atoms with Gasteiger partial charge in [-0.2, -0.15) is 0 Å². The van der Waals surface area contributed by atoms with Crippen LogP contribution in [0.1, 0.15) is 36.8 Å². The summed E-state index contributed by atoms with van der Waals surface area (Å²) in [5.41, 5.74) is 3.57. The average Bonchev–Trinajstić information content (AvgIpc) is 2.47. The molecule has 0 aromatic heterocycles. The molecule has 0 heterocycles. The van der Waals surface area contributed by atoms with Crippen LogP contribution < -0.4 is 24.2 Å². The van der Waals surface area contributed by atoms with E-state index < -0.39 is 0 Å². The Kier molecular flexibility index (Phi) is 7.25. The van der Waals surface area contributed by atoms with Crippen molar-refractivity contribution in [1.29, 1.82) is 0 Å². The zero-order valence-electron chi connectivity index (χ0n) is 13.4. The summed E-state index contributed by atoms with van der Waals surface area (Å²) in [5.74, 6) is 0. The van der Waals surface area contributed by atoms with Crippen molar-refractivity contribution in [2.24, 2.45) is 0 Å². The van der Waals surface area contributed by atoms with Gasteiger partial charge in [0.1, 0.15) is 0 Å². The molecule has 0 spiro atoms. The standard InChI is InChI=1S/C17H19OP.Li.H/c1-3-13-9-8-10-14(4-2)16(13)17(18)19-15-11-6-5-7-12-15;;/h5-12,19H,3-4H2,1-2H3;;/q;+1;-1. The molecule has 2 rings (SSSR count). The van der Waals surface area contributed by atoms with E-state index in [0.717, 1.165) is 23.7 Å². The third kappa shape index (κ3) is 4.06. The van der Waals surface area contributed by atoms with Gasteiger partial charge in [-0.1, -0.05) is 62.4 Å². The fraction of sp³-hybridized carbons (Fsp3) is 0.235. The van der Waals surface area contributed by atoms with E-state index in [1.54, 1.807) is 0 Å². The summed E-state index contributed by atoms with van der Waals surface area (Å²) in [5, 5.41) is 1.11. The number of hydrogen-bond acceptors (Lipinski definition) is 1. The maximum atomic E-state index is 12.6. The zero-order chi connectivity index (χ0) is 13.7. The van der Waals surface area contributed by atoms with Crippen molar-refractivity contribution in [1.82, 2.24) is 0 Å². The van der Waals surface area contributed by atoms with Crippen LogP contribution in [0.25, 0.3) is 0 Å². The molecule has 0 N–H and O–H groups in total. The summed E-state index contributed by atoms with van der Waals surface area (Å²) in [6, 6.07) is 16.2. The van der Waals surface area contributed by atoms with Crippen LogP contribution in [0.3, 0.4) is 0 Å². The van der Waals surface area contributed by atoms with E-state index in [1.165, 1.54) is 11.1 Å². The first-order valence-electron chi connectivity index (χ1n) is 6.73. The molecule has 2 aromatic carbocycles. The SMILES string of the molecule is CCc1cccc(CC)c1C(=O)Pc1ccccc1.[H-].[Li+]. The molecule has 2 aromatic rings. The summed E-state index contributed by atoms with van der Waals surface area (Å²) in [6.07, 6.45) is 1.82. The number of carbonyl (C=O) groups is 1. The summed E-state index contributed by atoms with van der Waals surface area (Å²) >= 11 is 0. The van der Waals surface area contributed by atoms with Crippen LogP contribution in [0.15, 0.2) is 48.5 Å². The minimum absolute atomic E-state index is 0. The van der Waals surface area contributed by atoms with Gasteiger partial charge in [-0.15, -0.1) is 0 Å². The minimum atomic E-state index is 0. The van der Waals surface area contributed by atoms with Crippen LogP contribution in [0.2, 0.25) is 0 Å². The van der Waals surface area contributed by atoms with Crippen molar-refractivity contribution < 1.29 is 25.1 Å². The molecule has 0 aliphatic rings. The van der Waals surface area contributed by atoms with Crippen LogP contribution in [0.5, 0.6) is 0 Å². The predicted molar refractivity (Wildman–Crippen MR) is 85.0 cm³/mol. The number of benzene rings is 2.